The van der Waals surface area contributed by atoms with Crippen LogP contribution < -0.4 is 15.8 Å². The standard InChI is InChI=1S/C29H50N2O2S/c1-3-4-5-6-7-8-9-10-11-12-13-14-15-16-17-25(24-18-20-26(33-2)21-19-24)22-28-31-27(23-34-28)29(30)32/h18-21,25,27-28,31H,3-17,22-23H2,1-2H3,(H2,30,32). The van der Waals surface area contributed by atoms with Crippen LogP contribution in [0.15, 0.2) is 24.3 Å². The highest BCUT2D eigenvalue weighted by Gasteiger charge is 2.30. The minimum absolute atomic E-state index is 0.187. The summed E-state index contributed by atoms with van der Waals surface area (Å²) in [7, 11) is 1.71. The van der Waals surface area contributed by atoms with Crippen molar-refractivity contribution in [2.24, 2.45) is 5.73 Å². The number of carbonyl (C=O) groups excluding carboxylic acids is 1. The van der Waals surface area contributed by atoms with E-state index in [0.29, 0.717) is 11.3 Å². The van der Waals surface area contributed by atoms with Gasteiger partial charge in [-0.2, -0.15) is 0 Å². The van der Waals surface area contributed by atoms with Gasteiger partial charge in [-0.05, 0) is 36.5 Å². The molecule has 0 aromatic heterocycles. The Balaban J connectivity index is 1.61. The van der Waals surface area contributed by atoms with Crippen LogP contribution in [-0.4, -0.2) is 30.2 Å². The van der Waals surface area contributed by atoms with Gasteiger partial charge in [0.15, 0.2) is 0 Å². The van der Waals surface area contributed by atoms with E-state index in [2.05, 4.69) is 36.5 Å². The first-order chi connectivity index (χ1) is 16.6. The minimum Gasteiger partial charge on any atom is -0.497 e. The lowest BCUT2D eigenvalue weighted by Gasteiger charge is -2.22. The second kappa shape index (κ2) is 18.1. The van der Waals surface area contributed by atoms with Crippen molar-refractivity contribution in [1.82, 2.24) is 5.32 Å². The molecule has 3 N–H and O–H groups in total. The molecule has 3 unspecified atom stereocenters. The molecule has 0 bridgehead atoms. The highest BCUT2D eigenvalue weighted by atomic mass is 32.2. The number of benzene rings is 1. The van der Waals surface area contributed by atoms with Crippen LogP contribution in [0.4, 0.5) is 0 Å². The smallest absolute Gasteiger partial charge is 0.235 e. The zero-order valence-corrected chi connectivity index (χ0v) is 22.7. The lowest BCUT2D eigenvalue weighted by atomic mass is 9.89. The van der Waals surface area contributed by atoms with E-state index < -0.39 is 0 Å². The second-order valence-electron chi connectivity index (χ2n) is 10.0. The monoisotopic (exact) mass is 490 g/mol. The van der Waals surface area contributed by atoms with Gasteiger partial charge in [0, 0.05) is 5.75 Å². The molecule has 1 heterocycles. The number of amides is 1. The van der Waals surface area contributed by atoms with Gasteiger partial charge in [0.05, 0.1) is 18.5 Å². The Labute approximate surface area is 213 Å². The Morgan fingerprint density at radius 3 is 1.94 bits per heavy atom. The third kappa shape index (κ3) is 12.0. The number of hydrogen-bond donors (Lipinski definition) is 2. The summed E-state index contributed by atoms with van der Waals surface area (Å²) in [6.45, 7) is 2.29. The van der Waals surface area contributed by atoms with Gasteiger partial charge in [-0.25, -0.2) is 0 Å². The van der Waals surface area contributed by atoms with Crippen molar-refractivity contribution in [2.75, 3.05) is 12.9 Å². The highest BCUT2D eigenvalue weighted by Crippen LogP contribution is 2.34. The average Bonchev–Trinajstić information content (AvgIpc) is 3.32. The Morgan fingerprint density at radius 2 is 1.47 bits per heavy atom. The van der Waals surface area contributed by atoms with Gasteiger partial charge in [0.2, 0.25) is 5.91 Å². The molecule has 1 aromatic carbocycles. The van der Waals surface area contributed by atoms with E-state index >= 15 is 0 Å². The molecule has 2 rings (SSSR count). The van der Waals surface area contributed by atoms with E-state index in [1.165, 1.54) is 102 Å². The van der Waals surface area contributed by atoms with Crippen molar-refractivity contribution in [3.8, 4) is 5.75 Å². The fraction of sp³-hybridized carbons (Fsp3) is 0.759. The maximum absolute atomic E-state index is 11.5. The third-order valence-electron chi connectivity index (χ3n) is 7.19. The van der Waals surface area contributed by atoms with Crippen molar-refractivity contribution < 1.29 is 9.53 Å². The molecule has 1 fully saturated rings. The van der Waals surface area contributed by atoms with E-state index in [-0.39, 0.29) is 11.9 Å². The number of hydrogen-bond acceptors (Lipinski definition) is 4. The summed E-state index contributed by atoms with van der Waals surface area (Å²) in [4.78, 5) is 11.5. The van der Waals surface area contributed by atoms with Crippen molar-refractivity contribution >= 4 is 17.7 Å². The maximum Gasteiger partial charge on any atom is 0.235 e. The van der Waals surface area contributed by atoms with E-state index in [4.69, 9.17) is 10.5 Å². The molecule has 1 saturated heterocycles. The molecule has 0 radical (unpaired) electrons. The van der Waals surface area contributed by atoms with Crippen LogP contribution in [0.3, 0.4) is 0 Å². The van der Waals surface area contributed by atoms with Crippen LogP contribution in [0.1, 0.15) is 121 Å². The van der Waals surface area contributed by atoms with E-state index in [1.54, 1.807) is 7.11 Å². The molecule has 1 aliphatic rings. The molecule has 3 atom stereocenters. The topological polar surface area (TPSA) is 64.3 Å². The fourth-order valence-electron chi connectivity index (χ4n) is 4.97. The molecule has 0 saturated carbocycles. The molecule has 0 aliphatic carbocycles. The number of ether oxygens (including phenoxy) is 1. The lowest BCUT2D eigenvalue weighted by molar-refractivity contribution is -0.119. The Kier molecular flexibility index (Phi) is 15.5. The number of carbonyl (C=O) groups is 1. The van der Waals surface area contributed by atoms with E-state index in [1.807, 2.05) is 11.8 Å². The first kappa shape index (κ1) is 29.0. The van der Waals surface area contributed by atoms with Crippen molar-refractivity contribution in [3.63, 3.8) is 0 Å². The molecule has 4 nitrogen and oxygen atoms in total. The summed E-state index contributed by atoms with van der Waals surface area (Å²) < 4.78 is 5.34. The predicted octanol–water partition coefficient (Wildman–Crippen LogP) is 7.56. The number of thioether (sulfide) groups is 1. The van der Waals surface area contributed by atoms with Gasteiger partial charge < -0.3 is 10.5 Å². The highest BCUT2D eigenvalue weighted by molar-refractivity contribution is 8.00. The van der Waals surface area contributed by atoms with Crippen molar-refractivity contribution in [2.45, 2.75) is 127 Å². The van der Waals surface area contributed by atoms with Gasteiger partial charge in [-0.15, -0.1) is 11.8 Å². The van der Waals surface area contributed by atoms with Crippen molar-refractivity contribution in [3.05, 3.63) is 29.8 Å². The van der Waals surface area contributed by atoms with Gasteiger partial charge in [0.1, 0.15) is 5.75 Å². The zero-order chi connectivity index (χ0) is 24.4. The number of unbranched alkanes of at least 4 members (excludes halogenated alkanes) is 13. The molecular formula is C29H50N2O2S. The van der Waals surface area contributed by atoms with Gasteiger partial charge in [0.25, 0.3) is 0 Å². The van der Waals surface area contributed by atoms with E-state index in [0.717, 1.165) is 17.9 Å². The second-order valence-corrected chi connectivity index (χ2v) is 11.3. The predicted molar refractivity (Wildman–Crippen MR) is 148 cm³/mol. The molecule has 1 amide bonds. The first-order valence-electron chi connectivity index (χ1n) is 13.9. The zero-order valence-electron chi connectivity index (χ0n) is 21.9. The molecular weight excluding hydrogens is 440 g/mol. The maximum atomic E-state index is 11.5. The number of nitrogens with one attached hydrogen (secondary N) is 1. The fourth-order valence-corrected chi connectivity index (χ4v) is 6.29. The normalized spacial score (nSPS) is 18.8. The van der Waals surface area contributed by atoms with Crippen LogP contribution in [0, 0.1) is 0 Å². The molecule has 34 heavy (non-hydrogen) atoms. The van der Waals surface area contributed by atoms with Gasteiger partial charge in [-0.3, -0.25) is 10.1 Å². The van der Waals surface area contributed by atoms with Crippen LogP contribution >= 0.6 is 11.8 Å². The third-order valence-corrected chi connectivity index (χ3v) is 8.44. The van der Waals surface area contributed by atoms with Crippen LogP contribution in [0.5, 0.6) is 5.75 Å². The number of methoxy groups -OCH3 is 1. The average molecular weight is 491 g/mol. The summed E-state index contributed by atoms with van der Waals surface area (Å²) in [5.74, 6) is 1.96. The molecule has 1 aromatic rings. The lowest BCUT2D eigenvalue weighted by Crippen LogP contribution is -2.41. The largest absolute Gasteiger partial charge is 0.497 e. The van der Waals surface area contributed by atoms with Gasteiger partial charge in [-0.1, -0.05) is 109 Å². The Hall–Kier alpha value is -1.20. The van der Waals surface area contributed by atoms with Crippen LogP contribution in [-0.2, 0) is 4.79 Å². The summed E-state index contributed by atoms with van der Waals surface area (Å²) in [6, 6.07) is 8.36. The summed E-state index contributed by atoms with van der Waals surface area (Å²) in [5, 5.41) is 3.73. The Bertz CT molecular complexity index is 652. The molecule has 0 spiro atoms. The minimum atomic E-state index is -0.233. The summed E-state index contributed by atoms with van der Waals surface area (Å²) >= 11 is 1.84. The van der Waals surface area contributed by atoms with E-state index in [9.17, 15) is 4.79 Å². The first-order valence-corrected chi connectivity index (χ1v) is 15.0. The van der Waals surface area contributed by atoms with Crippen LogP contribution in [0.25, 0.3) is 0 Å². The number of primary amides is 1. The summed E-state index contributed by atoms with van der Waals surface area (Å²) in [5.41, 5.74) is 6.87. The van der Waals surface area contributed by atoms with Gasteiger partial charge >= 0.3 is 0 Å². The summed E-state index contributed by atoms with van der Waals surface area (Å²) in [6.07, 6.45) is 21.7. The molecule has 5 heteroatoms. The van der Waals surface area contributed by atoms with Crippen LogP contribution in [0.2, 0.25) is 0 Å². The quantitative estimate of drug-likeness (QED) is 0.185. The SMILES string of the molecule is CCCCCCCCCCCCCCCCC(CC1NC(C(N)=O)CS1)c1ccc(OC)cc1. The Morgan fingerprint density at radius 1 is 0.941 bits per heavy atom. The molecule has 1 aliphatic heterocycles. The van der Waals surface area contributed by atoms with Crippen molar-refractivity contribution in [1.29, 1.82) is 0 Å². The number of rotatable bonds is 20. The molecule has 194 valence electrons. The number of nitrogens with two attached hydrogens (primary N) is 1.